The maximum absolute atomic E-state index is 11.6. The molecule has 0 bridgehead atoms. The van der Waals surface area contributed by atoms with E-state index in [4.69, 9.17) is 0 Å². The topological polar surface area (TPSA) is 53.5 Å². The molecule has 1 amide bonds. The van der Waals surface area contributed by atoms with Gasteiger partial charge in [0.2, 0.25) is 0 Å². The first-order valence-electron chi connectivity index (χ1n) is 6.20. The van der Waals surface area contributed by atoms with Crippen LogP contribution in [-0.2, 0) is 4.79 Å². The van der Waals surface area contributed by atoms with Crippen LogP contribution in [-0.4, -0.2) is 18.7 Å². The second kappa shape index (κ2) is 8.14. The summed E-state index contributed by atoms with van der Waals surface area (Å²) in [5, 5.41) is 6.96. The summed E-state index contributed by atoms with van der Waals surface area (Å²) in [5.41, 5.74) is 4.30. The van der Waals surface area contributed by atoms with E-state index in [1.54, 1.807) is 6.21 Å². The van der Waals surface area contributed by atoms with E-state index in [9.17, 15) is 4.79 Å². The van der Waals surface area contributed by atoms with E-state index in [0.717, 1.165) is 19.3 Å². The van der Waals surface area contributed by atoms with Gasteiger partial charge in [-0.05, 0) is 64.6 Å². The van der Waals surface area contributed by atoms with Crippen molar-refractivity contribution in [2.24, 2.45) is 5.10 Å². The Morgan fingerprint density at radius 3 is 2.71 bits per heavy atom. The van der Waals surface area contributed by atoms with E-state index in [1.165, 1.54) is 0 Å². The average molecular weight is 458 g/mol. The van der Waals surface area contributed by atoms with Crippen molar-refractivity contribution in [1.29, 1.82) is 0 Å². The van der Waals surface area contributed by atoms with Crippen LogP contribution < -0.4 is 10.7 Å². The number of hydrogen-bond acceptors (Lipinski definition) is 3. The lowest BCUT2D eigenvalue weighted by Gasteiger charge is -2.05. The fourth-order valence-corrected chi connectivity index (χ4v) is 2.33. The SMILES string of the molecule is O=C(CNc1ccc(I)cc1)NN=Cc1cccc(Br)c1. The quantitative estimate of drug-likeness (QED) is 0.409. The number of hydrogen-bond donors (Lipinski definition) is 2. The minimum atomic E-state index is -0.195. The fourth-order valence-electron chi connectivity index (χ4n) is 1.56. The number of carbonyl (C=O) groups is 1. The first-order chi connectivity index (χ1) is 10.1. The number of halogens is 2. The van der Waals surface area contributed by atoms with E-state index in [0.29, 0.717) is 0 Å². The van der Waals surface area contributed by atoms with E-state index in [1.807, 2.05) is 48.5 Å². The zero-order valence-corrected chi connectivity index (χ0v) is 14.8. The van der Waals surface area contributed by atoms with Crippen molar-refractivity contribution in [3.63, 3.8) is 0 Å². The Balaban J connectivity index is 1.78. The summed E-state index contributed by atoms with van der Waals surface area (Å²) in [7, 11) is 0. The molecule has 2 aromatic carbocycles. The summed E-state index contributed by atoms with van der Waals surface area (Å²) < 4.78 is 2.12. The number of rotatable bonds is 5. The Labute approximate surface area is 145 Å². The van der Waals surface area contributed by atoms with Crippen molar-refractivity contribution in [2.75, 3.05) is 11.9 Å². The third kappa shape index (κ3) is 5.84. The molecule has 0 saturated heterocycles. The molecular formula is C15H13BrIN3O. The van der Waals surface area contributed by atoms with Gasteiger partial charge < -0.3 is 5.32 Å². The van der Waals surface area contributed by atoms with Crippen LogP contribution in [0.15, 0.2) is 58.1 Å². The molecule has 108 valence electrons. The molecule has 21 heavy (non-hydrogen) atoms. The fraction of sp³-hybridized carbons (Fsp3) is 0.0667. The number of nitrogens with zero attached hydrogens (tertiary/aromatic N) is 1. The Bertz CT molecular complexity index is 644. The van der Waals surface area contributed by atoms with Crippen LogP contribution in [0.2, 0.25) is 0 Å². The highest BCUT2D eigenvalue weighted by Gasteiger charge is 1.99. The van der Waals surface area contributed by atoms with E-state index >= 15 is 0 Å². The third-order valence-corrected chi connectivity index (χ3v) is 3.76. The highest BCUT2D eigenvalue weighted by molar-refractivity contribution is 14.1. The molecule has 2 aromatic rings. The van der Waals surface area contributed by atoms with Gasteiger partial charge in [0.15, 0.2) is 0 Å². The monoisotopic (exact) mass is 457 g/mol. The molecule has 0 atom stereocenters. The molecular weight excluding hydrogens is 445 g/mol. The third-order valence-electron chi connectivity index (χ3n) is 2.55. The highest BCUT2D eigenvalue weighted by atomic mass is 127. The maximum Gasteiger partial charge on any atom is 0.259 e. The van der Waals surface area contributed by atoms with Crippen molar-refractivity contribution < 1.29 is 4.79 Å². The summed E-state index contributed by atoms with van der Waals surface area (Å²) >= 11 is 5.61. The summed E-state index contributed by atoms with van der Waals surface area (Å²) in [4.78, 5) is 11.6. The average Bonchev–Trinajstić information content (AvgIpc) is 2.47. The highest BCUT2D eigenvalue weighted by Crippen LogP contribution is 2.11. The van der Waals surface area contributed by atoms with E-state index in [2.05, 4.69) is 54.4 Å². The largest absolute Gasteiger partial charge is 0.376 e. The van der Waals surface area contributed by atoms with Gasteiger partial charge in [-0.15, -0.1) is 0 Å². The van der Waals surface area contributed by atoms with Crippen molar-refractivity contribution in [3.05, 3.63) is 62.1 Å². The van der Waals surface area contributed by atoms with Crippen LogP contribution in [0.25, 0.3) is 0 Å². The molecule has 4 nitrogen and oxygen atoms in total. The van der Waals surface area contributed by atoms with Crippen LogP contribution in [0.4, 0.5) is 5.69 Å². The molecule has 0 aliphatic carbocycles. The zero-order valence-electron chi connectivity index (χ0n) is 11.0. The number of benzene rings is 2. The van der Waals surface area contributed by atoms with Gasteiger partial charge in [0.05, 0.1) is 12.8 Å². The second-order valence-corrected chi connectivity index (χ2v) is 6.37. The number of anilines is 1. The van der Waals surface area contributed by atoms with Gasteiger partial charge in [-0.1, -0.05) is 28.1 Å². The van der Waals surface area contributed by atoms with Gasteiger partial charge in [-0.2, -0.15) is 5.10 Å². The van der Waals surface area contributed by atoms with Crippen LogP contribution in [0, 0.1) is 3.57 Å². The lowest BCUT2D eigenvalue weighted by molar-refractivity contribution is -0.119. The summed E-state index contributed by atoms with van der Waals surface area (Å²) in [6.07, 6.45) is 1.60. The first-order valence-corrected chi connectivity index (χ1v) is 8.07. The van der Waals surface area contributed by atoms with E-state index < -0.39 is 0 Å². The smallest absolute Gasteiger partial charge is 0.259 e. The summed E-state index contributed by atoms with van der Waals surface area (Å²) in [6, 6.07) is 15.5. The maximum atomic E-state index is 11.6. The van der Waals surface area contributed by atoms with Crippen molar-refractivity contribution >= 4 is 56.3 Å². The van der Waals surface area contributed by atoms with E-state index in [-0.39, 0.29) is 12.5 Å². The normalized spacial score (nSPS) is 10.6. The Morgan fingerprint density at radius 1 is 1.24 bits per heavy atom. The lowest BCUT2D eigenvalue weighted by atomic mass is 10.2. The van der Waals surface area contributed by atoms with Gasteiger partial charge in [0.1, 0.15) is 0 Å². The van der Waals surface area contributed by atoms with Gasteiger partial charge in [-0.25, -0.2) is 5.43 Å². The Morgan fingerprint density at radius 2 is 2.00 bits per heavy atom. The molecule has 6 heteroatoms. The standard InChI is InChI=1S/C15H13BrIN3O/c16-12-3-1-2-11(8-12)9-19-20-15(21)10-18-14-6-4-13(17)5-7-14/h1-9,18H,10H2,(H,20,21). The molecule has 0 heterocycles. The predicted octanol–water partition coefficient (Wildman–Crippen LogP) is 3.62. The molecule has 2 rings (SSSR count). The summed E-state index contributed by atoms with van der Waals surface area (Å²) in [5.74, 6) is -0.195. The number of hydrazone groups is 1. The lowest BCUT2D eigenvalue weighted by Crippen LogP contribution is -2.25. The molecule has 0 unspecified atom stereocenters. The molecule has 0 aliphatic rings. The minimum absolute atomic E-state index is 0.177. The van der Waals surface area contributed by atoms with Gasteiger partial charge >= 0.3 is 0 Å². The van der Waals surface area contributed by atoms with Crippen LogP contribution >= 0.6 is 38.5 Å². The van der Waals surface area contributed by atoms with Crippen molar-refractivity contribution in [3.8, 4) is 0 Å². The number of carbonyl (C=O) groups excluding carboxylic acids is 1. The molecule has 0 spiro atoms. The first kappa shape index (κ1) is 16.0. The summed E-state index contributed by atoms with van der Waals surface area (Å²) in [6.45, 7) is 0.177. The molecule has 0 fully saturated rings. The van der Waals surface area contributed by atoms with Gasteiger partial charge in [0, 0.05) is 13.7 Å². The van der Waals surface area contributed by atoms with Gasteiger partial charge in [0.25, 0.3) is 5.91 Å². The van der Waals surface area contributed by atoms with Crippen LogP contribution in [0.3, 0.4) is 0 Å². The van der Waals surface area contributed by atoms with Crippen LogP contribution in [0.1, 0.15) is 5.56 Å². The Hall–Kier alpha value is -1.41. The minimum Gasteiger partial charge on any atom is -0.376 e. The molecule has 2 N–H and O–H groups in total. The molecule has 0 saturated carbocycles. The predicted molar refractivity (Wildman–Crippen MR) is 97.5 cm³/mol. The second-order valence-electron chi connectivity index (χ2n) is 4.21. The van der Waals surface area contributed by atoms with Crippen LogP contribution in [0.5, 0.6) is 0 Å². The number of amides is 1. The number of nitrogens with one attached hydrogen (secondary N) is 2. The van der Waals surface area contributed by atoms with Crippen molar-refractivity contribution in [1.82, 2.24) is 5.43 Å². The van der Waals surface area contributed by atoms with Crippen molar-refractivity contribution in [2.45, 2.75) is 0 Å². The van der Waals surface area contributed by atoms with Gasteiger partial charge in [-0.3, -0.25) is 4.79 Å². The molecule has 0 radical (unpaired) electrons. The molecule has 0 aromatic heterocycles. The Kier molecular flexibility index (Phi) is 6.19. The zero-order chi connectivity index (χ0) is 15.1. The molecule has 0 aliphatic heterocycles.